The van der Waals surface area contributed by atoms with Gasteiger partial charge < -0.3 is 15.4 Å². The van der Waals surface area contributed by atoms with E-state index in [-0.39, 0.29) is 11.5 Å². The Morgan fingerprint density at radius 2 is 2.07 bits per heavy atom. The van der Waals surface area contributed by atoms with Crippen LogP contribution in [0.2, 0.25) is 0 Å². The minimum absolute atomic E-state index is 0.246. The van der Waals surface area contributed by atoms with Gasteiger partial charge in [0, 0.05) is 32.5 Å². The highest BCUT2D eigenvalue weighted by molar-refractivity contribution is 6.01. The number of pyridine rings is 2. The number of hydrogen-bond acceptors (Lipinski definition) is 6. The Hall–Kier alpha value is -3.00. The average Bonchev–Trinajstić information content (AvgIpc) is 2.68. The largest absolute Gasteiger partial charge is 0.382 e. The van der Waals surface area contributed by atoms with E-state index in [1.807, 2.05) is 26.8 Å². The molecule has 0 saturated carbocycles. The number of amides is 1. The van der Waals surface area contributed by atoms with Crippen LogP contribution in [0.15, 0.2) is 29.2 Å². The zero-order chi connectivity index (χ0) is 20.1. The fourth-order valence-corrected chi connectivity index (χ4v) is 2.93. The van der Waals surface area contributed by atoms with E-state index in [1.165, 1.54) is 4.40 Å². The van der Waals surface area contributed by atoms with Gasteiger partial charge in [-0.15, -0.1) is 0 Å². The molecule has 0 radical (unpaired) electrons. The third-order valence-electron chi connectivity index (χ3n) is 4.29. The molecule has 3 aromatic rings. The van der Waals surface area contributed by atoms with Gasteiger partial charge in [-0.25, -0.2) is 9.97 Å². The maximum absolute atomic E-state index is 12.9. The molecule has 28 heavy (non-hydrogen) atoms. The number of nitrogens with one attached hydrogen (secondary N) is 2. The van der Waals surface area contributed by atoms with Crippen LogP contribution in [0.5, 0.6) is 0 Å². The van der Waals surface area contributed by atoms with Crippen molar-refractivity contribution in [2.24, 2.45) is 0 Å². The third-order valence-corrected chi connectivity index (χ3v) is 4.29. The van der Waals surface area contributed by atoms with Gasteiger partial charge in [-0.1, -0.05) is 6.07 Å². The molecular formula is C20H25N5O3. The highest BCUT2D eigenvalue weighted by atomic mass is 16.5. The first kappa shape index (κ1) is 19.8. The monoisotopic (exact) mass is 383 g/mol. The number of nitrogens with zero attached hydrogens (tertiary/aromatic N) is 3. The van der Waals surface area contributed by atoms with Crippen LogP contribution in [0.3, 0.4) is 0 Å². The average molecular weight is 383 g/mol. The number of aryl methyl sites for hydroxylation is 1. The highest BCUT2D eigenvalue weighted by Gasteiger charge is 2.17. The van der Waals surface area contributed by atoms with E-state index in [0.717, 1.165) is 12.0 Å². The molecule has 0 bridgehead atoms. The Bertz CT molecular complexity index is 1060. The van der Waals surface area contributed by atoms with Crippen LogP contribution in [0.25, 0.3) is 16.7 Å². The van der Waals surface area contributed by atoms with Crippen molar-refractivity contribution in [2.45, 2.75) is 27.2 Å². The molecule has 0 aromatic carbocycles. The number of aromatic nitrogens is 3. The molecule has 0 aliphatic heterocycles. The topological polar surface area (TPSA) is 97.6 Å². The molecule has 2 N–H and O–H groups in total. The second-order valence-corrected chi connectivity index (χ2v) is 6.44. The second kappa shape index (κ2) is 8.79. The first-order valence-corrected chi connectivity index (χ1v) is 9.48. The van der Waals surface area contributed by atoms with Gasteiger partial charge in [-0.3, -0.25) is 14.0 Å². The van der Waals surface area contributed by atoms with Crippen molar-refractivity contribution in [3.63, 3.8) is 0 Å². The number of anilines is 1. The SMILES string of the molecule is CCNC(=O)c1cc2c(=O)n3cc(C)ccc3nc2nc1NCCCOCC. The number of carbonyl (C=O) groups is 1. The van der Waals surface area contributed by atoms with E-state index in [9.17, 15) is 9.59 Å². The molecule has 3 heterocycles. The maximum Gasteiger partial charge on any atom is 0.267 e. The maximum atomic E-state index is 12.9. The van der Waals surface area contributed by atoms with Crippen LogP contribution in [0.4, 0.5) is 5.82 Å². The van der Waals surface area contributed by atoms with Gasteiger partial charge in [-0.2, -0.15) is 0 Å². The van der Waals surface area contributed by atoms with E-state index in [1.54, 1.807) is 18.3 Å². The van der Waals surface area contributed by atoms with Gasteiger partial charge in [0.05, 0.1) is 10.9 Å². The van der Waals surface area contributed by atoms with E-state index in [2.05, 4.69) is 20.6 Å². The second-order valence-electron chi connectivity index (χ2n) is 6.44. The molecule has 8 nitrogen and oxygen atoms in total. The highest BCUT2D eigenvalue weighted by Crippen LogP contribution is 2.18. The van der Waals surface area contributed by atoms with Gasteiger partial charge >= 0.3 is 0 Å². The quantitative estimate of drug-likeness (QED) is 0.457. The number of hydrogen-bond donors (Lipinski definition) is 2. The molecular weight excluding hydrogens is 358 g/mol. The summed E-state index contributed by atoms with van der Waals surface area (Å²) in [5.74, 6) is 0.135. The molecule has 0 aliphatic carbocycles. The Labute approximate surface area is 163 Å². The normalized spacial score (nSPS) is 11.1. The molecule has 0 saturated heterocycles. The summed E-state index contributed by atoms with van der Waals surface area (Å²) in [7, 11) is 0. The van der Waals surface area contributed by atoms with Crippen molar-refractivity contribution in [2.75, 3.05) is 31.6 Å². The number of carbonyl (C=O) groups excluding carboxylic acids is 1. The van der Waals surface area contributed by atoms with Crippen LogP contribution >= 0.6 is 0 Å². The van der Waals surface area contributed by atoms with Crippen molar-refractivity contribution in [1.29, 1.82) is 0 Å². The summed E-state index contributed by atoms with van der Waals surface area (Å²) in [6, 6.07) is 5.25. The standard InChI is InChI=1S/C20H25N5O3/c1-4-21-19(26)14-11-15-18(24-17(14)22-9-6-10-28-5-2)23-16-8-7-13(3)12-25(16)20(15)27/h7-8,11-12H,4-6,9-10H2,1-3H3,(H,21,26)(H,22,24). The van der Waals surface area contributed by atoms with Gasteiger partial charge in [0.1, 0.15) is 11.5 Å². The van der Waals surface area contributed by atoms with Crippen molar-refractivity contribution < 1.29 is 9.53 Å². The lowest BCUT2D eigenvalue weighted by Gasteiger charge is -2.12. The molecule has 148 valence electrons. The van der Waals surface area contributed by atoms with Crippen molar-refractivity contribution in [3.8, 4) is 0 Å². The molecule has 0 spiro atoms. The minimum Gasteiger partial charge on any atom is -0.382 e. The Morgan fingerprint density at radius 1 is 1.25 bits per heavy atom. The molecule has 0 fully saturated rings. The molecule has 1 amide bonds. The lowest BCUT2D eigenvalue weighted by Crippen LogP contribution is -2.25. The first-order chi connectivity index (χ1) is 13.5. The molecule has 0 atom stereocenters. The van der Waals surface area contributed by atoms with E-state index in [0.29, 0.717) is 54.4 Å². The number of rotatable bonds is 8. The van der Waals surface area contributed by atoms with Crippen LogP contribution in [0, 0.1) is 6.92 Å². The zero-order valence-electron chi connectivity index (χ0n) is 16.4. The van der Waals surface area contributed by atoms with E-state index in [4.69, 9.17) is 4.74 Å². The lowest BCUT2D eigenvalue weighted by molar-refractivity contribution is 0.0956. The molecule has 0 unspecified atom stereocenters. The van der Waals surface area contributed by atoms with Crippen molar-refractivity contribution in [1.82, 2.24) is 19.7 Å². The third kappa shape index (κ3) is 4.12. The van der Waals surface area contributed by atoms with Crippen molar-refractivity contribution in [3.05, 3.63) is 45.9 Å². The van der Waals surface area contributed by atoms with Gasteiger partial charge in [0.2, 0.25) is 0 Å². The Balaban J connectivity index is 2.07. The zero-order valence-corrected chi connectivity index (χ0v) is 16.4. The predicted octanol–water partition coefficient (Wildman–Crippen LogP) is 2.14. The van der Waals surface area contributed by atoms with Gasteiger partial charge in [-0.05, 0) is 44.9 Å². The first-order valence-electron chi connectivity index (χ1n) is 9.48. The fourth-order valence-electron chi connectivity index (χ4n) is 2.93. The van der Waals surface area contributed by atoms with Gasteiger partial charge in [0.25, 0.3) is 11.5 Å². The van der Waals surface area contributed by atoms with E-state index < -0.39 is 0 Å². The van der Waals surface area contributed by atoms with Gasteiger partial charge in [0.15, 0.2) is 5.65 Å². The fraction of sp³-hybridized carbons (Fsp3) is 0.400. The predicted molar refractivity (Wildman–Crippen MR) is 109 cm³/mol. The van der Waals surface area contributed by atoms with Crippen LogP contribution in [-0.4, -0.2) is 46.6 Å². The molecule has 3 aromatic heterocycles. The number of fused-ring (bicyclic) bond motifs is 2. The summed E-state index contributed by atoms with van der Waals surface area (Å²) in [4.78, 5) is 34.5. The van der Waals surface area contributed by atoms with Crippen LogP contribution in [0.1, 0.15) is 36.2 Å². The number of ether oxygens (including phenoxy) is 1. The Kier molecular flexibility index (Phi) is 6.20. The summed E-state index contributed by atoms with van der Waals surface area (Å²) in [5.41, 5.74) is 1.86. The van der Waals surface area contributed by atoms with E-state index >= 15 is 0 Å². The molecule has 8 heteroatoms. The molecule has 0 aliphatic rings. The van der Waals surface area contributed by atoms with Crippen molar-refractivity contribution >= 4 is 28.4 Å². The van der Waals surface area contributed by atoms with Crippen LogP contribution in [-0.2, 0) is 4.74 Å². The summed E-state index contributed by atoms with van der Waals surface area (Å²) in [6.07, 6.45) is 2.51. The summed E-state index contributed by atoms with van der Waals surface area (Å²) in [6.45, 7) is 8.06. The summed E-state index contributed by atoms with van der Waals surface area (Å²) in [5, 5.41) is 6.26. The smallest absolute Gasteiger partial charge is 0.267 e. The molecule has 3 rings (SSSR count). The minimum atomic E-state index is -0.280. The van der Waals surface area contributed by atoms with Crippen LogP contribution < -0.4 is 16.2 Å². The summed E-state index contributed by atoms with van der Waals surface area (Å²) >= 11 is 0. The lowest BCUT2D eigenvalue weighted by atomic mass is 10.2. The Morgan fingerprint density at radius 3 is 2.82 bits per heavy atom. The summed E-state index contributed by atoms with van der Waals surface area (Å²) < 4.78 is 6.82.